The van der Waals surface area contributed by atoms with Crippen molar-refractivity contribution in [3.05, 3.63) is 12.2 Å². The minimum Gasteiger partial charge on any atom is -0.380 e. The summed E-state index contributed by atoms with van der Waals surface area (Å²) in [6.07, 6.45) is 0. The molecule has 0 fully saturated rings. The first kappa shape index (κ1) is 11.1. The Morgan fingerprint density at radius 2 is 2.25 bits per heavy atom. The minimum absolute atomic E-state index is 0.374. The molecule has 0 saturated carbocycles. The third-order valence-corrected chi connectivity index (χ3v) is 1.07. The van der Waals surface area contributed by atoms with E-state index in [0.29, 0.717) is 25.3 Å². The SMILES string of the molecule is C=C(C)C(=O)ONCCOCC. The number of hydrogen-bond donors (Lipinski definition) is 1. The van der Waals surface area contributed by atoms with E-state index in [-0.39, 0.29) is 0 Å². The lowest BCUT2D eigenvalue weighted by Gasteiger charge is -2.04. The largest absolute Gasteiger partial charge is 0.380 e. The third kappa shape index (κ3) is 5.88. The van der Waals surface area contributed by atoms with Crippen LogP contribution in [0.25, 0.3) is 0 Å². The van der Waals surface area contributed by atoms with Crippen molar-refractivity contribution >= 4 is 5.97 Å². The zero-order valence-electron chi connectivity index (χ0n) is 7.55. The van der Waals surface area contributed by atoms with Crippen molar-refractivity contribution in [3.63, 3.8) is 0 Å². The van der Waals surface area contributed by atoms with Crippen molar-refractivity contribution in [1.29, 1.82) is 0 Å². The molecule has 0 spiro atoms. The highest BCUT2D eigenvalue weighted by Gasteiger charge is 2.01. The second kappa shape index (κ2) is 6.82. The van der Waals surface area contributed by atoms with Crippen LogP contribution in [0.3, 0.4) is 0 Å². The molecular weight excluding hydrogens is 158 g/mol. The monoisotopic (exact) mass is 173 g/mol. The highest BCUT2D eigenvalue weighted by molar-refractivity contribution is 5.86. The van der Waals surface area contributed by atoms with Crippen LogP contribution >= 0.6 is 0 Å². The van der Waals surface area contributed by atoms with Crippen molar-refractivity contribution in [2.75, 3.05) is 19.8 Å². The molecule has 0 aliphatic heterocycles. The standard InChI is InChI=1S/C8H15NO3/c1-4-11-6-5-9-12-8(10)7(2)3/h9H,2,4-6H2,1,3H3. The van der Waals surface area contributed by atoms with Crippen LogP contribution in [-0.2, 0) is 14.4 Å². The van der Waals surface area contributed by atoms with Crippen LogP contribution in [0.15, 0.2) is 12.2 Å². The van der Waals surface area contributed by atoms with Crippen molar-refractivity contribution in [1.82, 2.24) is 5.48 Å². The van der Waals surface area contributed by atoms with Crippen LogP contribution in [0.5, 0.6) is 0 Å². The van der Waals surface area contributed by atoms with Gasteiger partial charge in [-0.25, -0.2) is 4.79 Å². The predicted octanol–water partition coefficient (Wildman–Crippen LogP) is 0.647. The number of nitrogens with one attached hydrogen (secondary N) is 1. The lowest BCUT2D eigenvalue weighted by molar-refractivity contribution is -0.146. The van der Waals surface area contributed by atoms with Crippen molar-refractivity contribution in [3.8, 4) is 0 Å². The molecule has 0 aliphatic carbocycles. The summed E-state index contributed by atoms with van der Waals surface area (Å²) in [5, 5.41) is 0. The summed E-state index contributed by atoms with van der Waals surface area (Å²) in [4.78, 5) is 15.3. The topological polar surface area (TPSA) is 47.6 Å². The average Bonchev–Trinajstić information content (AvgIpc) is 2.03. The molecule has 1 N–H and O–H groups in total. The Balaban J connectivity index is 3.20. The number of rotatable bonds is 6. The Labute approximate surface area is 72.5 Å². The van der Waals surface area contributed by atoms with E-state index in [1.54, 1.807) is 6.92 Å². The number of ether oxygens (including phenoxy) is 1. The molecule has 0 atom stereocenters. The smallest absolute Gasteiger partial charge is 0.351 e. The van der Waals surface area contributed by atoms with E-state index in [2.05, 4.69) is 16.9 Å². The normalized spacial score (nSPS) is 9.50. The van der Waals surface area contributed by atoms with Crippen molar-refractivity contribution < 1.29 is 14.4 Å². The predicted molar refractivity (Wildman–Crippen MR) is 45.4 cm³/mol. The van der Waals surface area contributed by atoms with Crippen LogP contribution in [0, 0.1) is 0 Å². The molecule has 70 valence electrons. The molecule has 12 heavy (non-hydrogen) atoms. The van der Waals surface area contributed by atoms with E-state index in [1.165, 1.54) is 0 Å². The number of carbonyl (C=O) groups excluding carboxylic acids is 1. The fraction of sp³-hybridized carbons (Fsp3) is 0.625. The van der Waals surface area contributed by atoms with Gasteiger partial charge in [0, 0.05) is 12.2 Å². The zero-order chi connectivity index (χ0) is 9.40. The Morgan fingerprint density at radius 1 is 1.58 bits per heavy atom. The molecule has 0 aromatic carbocycles. The highest BCUT2D eigenvalue weighted by atomic mass is 16.7. The van der Waals surface area contributed by atoms with Gasteiger partial charge >= 0.3 is 5.97 Å². The van der Waals surface area contributed by atoms with Crippen LogP contribution in [0.2, 0.25) is 0 Å². The van der Waals surface area contributed by atoms with E-state index in [9.17, 15) is 4.79 Å². The summed E-state index contributed by atoms with van der Waals surface area (Å²) in [6.45, 7) is 8.60. The maximum atomic E-state index is 10.8. The first-order chi connectivity index (χ1) is 5.68. The average molecular weight is 173 g/mol. The molecule has 0 radical (unpaired) electrons. The molecule has 0 aromatic heterocycles. The number of carbonyl (C=O) groups is 1. The first-order valence-corrected chi connectivity index (χ1v) is 3.85. The second-order valence-electron chi connectivity index (χ2n) is 2.26. The van der Waals surface area contributed by atoms with Gasteiger partial charge in [-0.05, 0) is 13.8 Å². The lowest BCUT2D eigenvalue weighted by atomic mass is 10.4. The Kier molecular flexibility index (Phi) is 6.32. The van der Waals surface area contributed by atoms with Gasteiger partial charge in [0.25, 0.3) is 0 Å². The summed E-state index contributed by atoms with van der Waals surface area (Å²) in [6, 6.07) is 0. The van der Waals surface area contributed by atoms with Gasteiger partial charge in [0.15, 0.2) is 0 Å². The molecule has 0 rings (SSSR count). The van der Waals surface area contributed by atoms with Gasteiger partial charge in [-0.1, -0.05) is 6.58 Å². The highest BCUT2D eigenvalue weighted by Crippen LogP contribution is 1.88. The Morgan fingerprint density at radius 3 is 2.75 bits per heavy atom. The van der Waals surface area contributed by atoms with Crippen molar-refractivity contribution in [2.45, 2.75) is 13.8 Å². The van der Waals surface area contributed by atoms with E-state index in [1.807, 2.05) is 6.92 Å². The van der Waals surface area contributed by atoms with Gasteiger partial charge < -0.3 is 9.57 Å². The summed E-state index contributed by atoms with van der Waals surface area (Å²) >= 11 is 0. The minimum atomic E-state index is -0.438. The Hall–Kier alpha value is -0.870. The summed E-state index contributed by atoms with van der Waals surface area (Å²) < 4.78 is 5.00. The van der Waals surface area contributed by atoms with Crippen molar-refractivity contribution in [2.24, 2.45) is 0 Å². The third-order valence-electron chi connectivity index (χ3n) is 1.07. The molecule has 0 saturated heterocycles. The van der Waals surface area contributed by atoms with Gasteiger partial charge in [0.2, 0.25) is 0 Å². The molecule has 0 aliphatic rings. The van der Waals surface area contributed by atoms with Crippen LogP contribution < -0.4 is 5.48 Å². The molecule has 4 nitrogen and oxygen atoms in total. The van der Waals surface area contributed by atoms with E-state index in [4.69, 9.17) is 4.74 Å². The van der Waals surface area contributed by atoms with Gasteiger partial charge in [0.1, 0.15) is 0 Å². The molecule has 4 heteroatoms. The lowest BCUT2D eigenvalue weighted by Crippen LogP contribution is -2.24. The van der Waals surface area contributed by atoms with Gasteiger partial charge in [0.05, 0.1) is 13.2 Å². The first-order valence-electron chi connectivity index (χ1n) is 3.85. The van der Waals surface area contributed by atoms with Crippen LogP contribution in [0.4, 0.5) is 0 Å². The fourth-order valence-corrected chi connectivity index (χ4v) is 0.462. The molecular formula is C8H15NO3. The number of hydrogen-bond acceptors (Lipinski definition) is 4. The summed E-state index contributed by atoms with van der Waals surface area (Å²) in [5.41, 5.74) is 2.84. The van der Waals surface area contributed by atoms with E-state index < -0.39 is 5.97 Å². The second-order valence-corrected chi connectivity index (χ2v) is 2.26. The molecule has 0 heterocycles. The van der Waals surface area contributed by atoms with Gasteiger partial charge in [-0.15, -0.1) is 0 Å². The van der Waals surface area contributed by atoms with E-state index in [0.717, 1.165) is 0 Å². The fourth-order valence-electron chi connectivity index (χ4n) is 0.462. The maximum Gasteiger partial charge on any atom is 0.351 e. The molecule has 0 amide bonds. The molecule has 0 bridgehead atoms. The quantitative estimate of drug-likeness (QED) is 0.364. The van der Waals surface area contributed by atoms with Gasteiger partial charge in [-0.2, -0.15) is 5.48 Å². The summed E-state index contributed by atoms with van der Waals surface area (Å²) in [7, 11) is 0. The van der Waals surface area contributed by atoms with Crippen LogP contribution in [0.1, 0.15) is 13.8 Å². The summed E-state index contributed by atoms with van der Waals surface area (Å²) in [5.74, 6) is -0.438. The molecule has 0 aromatic rings. The Bertz CT molecular complexity index is 156. The van der Waals surface area contributed by atoms with E-state index >= 15 is 0 Å². The van der Waals surface area contributed by atoms with Gasteiger partial charge in [-0.3, -0.25) is 0 Å². The van der Waals surface area contributed by atoms with Crippen LogP contribution in [-0.4, -0.2) is 25.7 Å². The number of hydroxylamine groups is 1. The zero-order valence-corrected chi connectivity index (χ0v) is 7.55. The molecule has 0 unspecified atom stereocenters. The maximum absolute atomic E-state index is 10.8.